The molecule has 0 amide bonds. The van der Waals surface area contributed by atoms with E-state index in [1.807, 2.05) is 26.0 Å². The van der Waals surface area contributed by atoms with Crippen molar-refractivity contribution in [3.05, 3.63) is 23.9 Å². The summed E-state index contributed by atoms with van der Waals surface area (Å²) < 4.78 is 1.77. The van der Waals surface area contributed by atoms with Crippen LogP contribution in [0.1, 0.15) is 12.6 Å². The predicted octanol–water partition coefficient (Wildman–Crippen LogP) is 1.40. The highest BCUT2D eigenvalue weighted by molar-refractivity contribution is 5.86. The Hall–Kier alpha value is -1.55. The lowest BCUT2D eigenvalue weighted by Gasteiger charge is -2.07. The zero-order chi connectivity index (χ0) is 11.0. The lowest BCUT2D eigenvalue weighted by atomic mass is 10.2. The van der Waals surface area contributed by atoms with E-state index in [9.17, 15) is 5.11 Å². The van der Waals surface area contributed by atoms with E-state index in [0.29, 0.717) is 6.54 Å². The molecule has 0 aliphatic heterocycles. The van der Waals surface area contributed by atoms with Crippen LogP contribution >= 0.6 is 0 Å². The first-order valence-electron chi connectivity index (χ1n) is 5.00. The maximum Gasteiger partial charge on any atom is 0.141 e. The Morgan fingerprint density at radius 2 is 2.27 bits per heavy atom. The molecule has 4 nitrogen and oxygen atoms in total. The smallest absolute Gasteiger partial charge is 0.141 e. The van der Waals surface area contributed by atoms with Gasteiger partial charge in [0.05, 0.1) is 12.2 Å². The van der Waals surface area contributed by atoms with Gasteiger partial charge in [0, 0.05) is 11.4 Å². The summed E-state index contributed by atoms with van der Waals surface area (Å²) in [7, 11) is 0. The van der Waals surface area contributed by atoms with Crippen LogP contribution < -0.4 is 5.73 Å². The molecule has 0 radical (unpaired) electrons. The van der Waals surface area contributed by atoms with Crippen molar-refractivity contribution in [2.75, 3.05) is 0 Å². The van der Waals surface area contributed by atoms with Gasteiger partial charge in [0.25, 0.3) is 0 Å². The van der Waals surface area contributed by atoms with Crippen LogP contribution in [0.25, 0.3) is 10.9 Å². The molecule has 0 saturated heterocycles. The summed E-state index contributed by atoms with van der Waals surface area (Å²) in [6.45, 7) is 4.46. The Kier molecular flexibility index (Phi) is 2.36. The number of phenols is 1. The molecule has 1 aromatic carbocycles. The Morgan fingerprint density at radius 3 is 2.93 bits per heavy atom. The van der Waals surface area contributed by atoms with Gasteiger partial charge in [-0.3, -0.25) is 4.68 Å². The Labute approximate surface area is 88.3 Å². The van der Waals surface area contributed by atoms with Crippen LogP contribution in [0.3, 0.4) is 0 Å². The van der Waals surface area contributed by atoms with E-state index in [0.717, 1.165) is 16.6 Å². The molecular formula is C11H15N3O. The molecule has 1 heterocycles. The number of aromatic nitrogens is 2. The zero-order valence-corrected chi connectivity index (χ0v) is 8.94. The van der Waals surface area contributed by atoms with Crippen molar-refractivity contribution in [2.24, 2.45) is 5.73 Å². The monoisotopic (exact) mass is 205 g/mol. The minimum absolute atomic E-state index is 0.0205. The number of hydrogen-bond acceptors (Lipinski definition) is 3. The van der Waals surface area contributed by atoms with Gasteiger partial charge in [0.2, 0.25) is 0 Å². The number of fused-ring (bicyclic) bond motifs is 1. The third-order valence-corrected chi connectivity index (χ3v) is 2.39. The summed E-state index contributed by atoms with van der Waals surface area (Å²) in [5.41, 5.74) is 7.42. The van der Waals surface area contributed by atoms with Crippen molar-refractivity contribution in [2.45, 2.75) is 26.4 Å². The lowest BCUT2D eigenvalue weighted by molar-refractivity contribution is 0.471. The van der Waals surface area contributed by atoms with Gasteiger partial charge >= 0.3 is 0 Å². The number of nitrogens with two attached hydrogens (primary N) is 1. The molecule has 0 aliphatic carbocycles. The van der Waals surface area contributed by atoms with E-state index in [2.05, 4.69) is 5.10 Å². The second-order valence-electron chi connectivity index (χ2n) is 3.92. The summed E-state index contributed by atoms with van der Waals surface area (Å²) in [5, 5.41) is 15.1. The van der Waals surface area contributed by atoms with Crippen molar-refractivity contribution in [3.8, 4) is 5.75 Å². The second-order valence-corrected chi connectivity index (χ2v) is 3.92. The van der Waals surface area contributed by atoms with Crippen molar-refractivity contribution in [1.82, 2.24) is 9.78 Å². The molecule has 80 valence electrons. The molecule has 0 saturated carbocycles. The fourth-order valence-corrected chi connectivity index (χ4v) is 1.78. The van der Waals surface area contributed by atoms with Gasteiger partial charge in [-0.05, 0) is 19.9 Å². The molecule has 0 bridgehead atoms. The summed E-state index contributed by atoms with van der Waals surface area (Å²) in [4.78, 5) is 0. The van der Waals surface area contributed by atoms with Crippen LogP contribution in [0.4, 0.5) is 0 Å². The van der Waals surface area contributed by atoms with Gasteiger partial charge in [-0.25, -0.2) is 0 Å². The molecule has 1 unspecified atom stereocenters. The van der Waals surface area contributed by atoms with Gasteiger partial charge < -0.3 is 10.8 Å². The fraction of sp³-hybridized carbons (Fsp3) is 0.364. The van der Waals surface area contributed by atoms with Crippen LogP contribution in [0.5, 0.6) is 5.75 Å². The first-order chi connectivity index (χ1) is 7.09. The van der Waals surface area contributed by atoms with Crippen LogP contribution in [0.15, 0.2) is 18.2 Å². The van der Waals surface area contributed by atoms with E-state index >= 15 is 0 Å². The summed E-state index contributed by atoms with van der Waals surface area (Å²) >= 11 is 0. The third kappa shape index (κ3) is 1.68. The summed E-state index contributed by atoms with van der Waals surface area (Å²) in [5.74, 6) is 0.258. The second kappa shape index (κ2) is 3.55. The summed E-state index contributed by atoms with van der Waals surface area (Å²) in [6.07, 6.45) is 0. The normalized spacial score (nSPS) is 13.3. The molecule has 3 N–H and O–H groups in total. The Morgan fingerprint density at radius 1 is 1.53 bits per heavy atom. The number of aryl methyl sites for hydroxylation is 1. The van der Waals surface area contributed by atoms with Gasteiger partial charge in [0.15, 0.2) is 0 Å². The van der Waals surface area contributed by atoms with E-state index in [4.69, 9.17) is 5.73 Å². The zero-order valence-electron chi connectivity index (χ0n) is 8.94. The van der Waals surface area contributed by atoms with E-state index in [1.165, 1.54) is 0 Å². The number of hydrogen-bond donors (Lipinski definition) is 2. The fourth-order valence-electron chi connectivity index (χ4n) is 1.78. The Balaban J connectivity index is 2.65. The third-order valence-electron chi connectivity index (χ3n) is 2.39. The molecule has 1 aromatic heterocycles. The number of aromatic hydroxyl groups is 1. The average Bonchev–Trinajstić information content (AvgIpc) is 2.44. The molecule has 1 atom stereocenters. The first-order valence-corrected chi connectivity index (χ1v) is 5.00. The number of phenolic OH excluding ortho intramolecular Hbond substituents is 1. The highest BCUT2D eigenvalue weighted by Gasteiger charge is 2.11. The van der Waals surface area contributed by atoms with E-state index in [1.54, 1.807) is 10.7 Å². The van der Waals surface area contributed by atoms with Crippen LogP contribution in [-0.2, 0) is 6.54 Å². The van der Waals surface area contributed by atoms with Crippen molar-refractivity contribution >= 4 is 10.9 Å². The largest absolute Gasteiger partial charge is 0.506 e. The number of rotatable bonds is 2. The van der Waals surface area contributed by atoms with Crippen LogP contribution in [0, 0.1) is 6.92 Å². The maximum absolute atomic E-state index is 9.78. The van der Waals surface area contributed by atoms with Crippen LogP contribution in [-0.4, -0.2) is 20.9 Å². The van der Waals surface area contributed by atoms with Crippen molar-refractivity contribution in [3.63, 3.8) is 0 Å². The van der Waals surface area contributed by atoms with Crippen molar-refractivity contribution in [1.29, 1.82) is 0 Å². The number of para-hydroxylation sites is 1. The SMILES string of the molecule is Cc1nn(CC(C)N)c2c(O)cccc12. The molecule has 15 heavy (non-hydrogen) atoms. The van der Waals surface area contributed by atoms with Gasteiger partial charge in [-0.2, -0.15) is 5.10 Å². The Bertz CT molecular complexity index is 488. The lowest BCUT2D eigenvalue weighted by Crippen LogP contribution is -2.22. The maximum atomic E-state index is 9.78. The quantitative estimate of drug-likeness (QED) is 0.778. The van der Waals surface area contributed by atoms with Gasteiger partial charge in [-0.15, -0.1) is 0 Å². The van der Waals surface area contributed by atoms with E-state index in [-0.39, 0.29) is 11.8 Å². The molecule has 4 heteroatoms. The molecule has 0 fully saturated rings. The molecule has 0 aliphatic rings. The first kappa shape index (κ1) is 9.98. The molecule has 2 aromatic rings. The molecule has 0 spiro atoms. The predicted molar refractivity (Wildman–Crippen MR) is 59.8 cm³/mol. The average molecular weight is 205 g/mol. The minimum Gasteiger partial charge on any atom is -0.506 e. The van der Waals surface area contributed by atoms with Gasteiger partial charge in [0.1, 0.15) is 11.3 Å². The highest BCUT2D eigenvalue weighted by Crippen LogP contribution is 2.26. The minimum atomic E-state index is 0.0205. The molecular weight excluding hydrogens is 190 g/mol. The summed E-state index contributed by atoms with van der Waals surface area (Å²) in [6, 6.07) is 5.46. The highest BCUT2D eigenvalue weighted by atomic mass is 16.3. The van der Waals surface area contributed by atoms with E-state index < -0.39 is 0 Å². The van der Waals surface area contributed by atoms with Crippen LogP contribution in [0.2, 0.25) is 0 Å². The van der Waals surface area contributed by atoms with Gasteiger partial charge in [-0.1, -0.05) is 12.1 Å². The number of nitrogens with zero attached hydrogens (tertiary/aromatic N) is 2. The van der Waals surface area contributed by atoms with Crippen molar-refractivity contribution < 1.29 is 5.11 Å². The standard InChI is InChI=1S/C11H15N3O/c1-7(12)6-14-11-9(8(2)13-14)4-3-5-10(11)15/h3-5,7,15H,6,12H2,1-2H3. The topological polar surface area (TPSA) is 64.1 Å². The number of benzene rings is 1. The molecule has 2 rings (SSSR count).